The number of hydrogen-bond donors (Lipinski definition) is 2. The van der Waals surface area contributed by atoms with Crippen LogP contribution in [-0.2, 0) is 4.74 Å². The molecular formula is C19H17N3O4S2. The molecule has 1 aliphatic rings. The highest BCUT2D eigenvalue weighted by atomic mass is 32.1. The van der Waals surface area contributed by atoms with Crippen molar-refractivity contribution < 1.29 is 19.1 Å². The van der Waals surface area contributed by atoms with Crippen molar-refractivity contribution in [2.75, 3.05) is 5.32 Å². The summed E-state index contributed by atoms with van der Waals surface area (Å²) in [6.07, 6.45) is 2.81. The molecule has 0 atom stereocenters. The fourth-order valence-electron chi connectivity index (χ4n) is 3.06. The molecule has 0 bridgehead atoms. The van der Waals surface area contributed by atoms with Gasteiger partial charge in [0.2, 0.25) is 0 Å². The van der Waals surface area contributed by atoms with Gasteiger partial charge in [0.1, 0.15) is 11.1 Å². The molecule has 1 aromatic carbocycles. The zero-order valence-corrected chi connectivity index (χ0v) is 16.4. The van der Waals surface area contributed by atoms with E-state index in [1.807, 2.05) is 24.3 Å². The molecule has 0 spiro atoms. The molecule has 0 radical (unpaired) electrons. The Morgan fingerprint density at radius 3 is 2.64 bits per heavy atom. The van der Waals surface area contributed by atoms with E-state index in [0.29, 0.717) is 10.0 Å². The van der Waals surface area contributed by atoms with Crippen LogP contribution in [0, 0.1) is 0 Å². The highest BCUT2D eigenvalue weighted by molar-refractivity contribution is 7.20. The number of nitrogens with zero attached hydrogens (tertiary/aromatic N) is 1. The standard InChI is InChI=1S/C19H17N3O4S2/c23-15(22-19(25)26-11-5-1-2-6-11)12-9-10-27-17(12)21-16(24)18-20-13-7-3-4-8-14(13)28-18/h3-4,7-11H,1-2,5-6H2,(H,21,24)(H,22,23,25). The minimum absolute atomic E-state index is 0.131. The minimum atomic E-state index is -0.758. The molecule has 2 aromatic heterocycles. The maximum Gasteiger partial charge on any atom is 0.414 e. The van der Waals surface area contributed by atoms with Gasteiger partial charge >= 0.3 is 6.09 Å². The SMILES string of the molecule is O=C(NC(=O)c1ccsc1NC(=O)c1nc2ccccc2s1)OC1CCCC1. The summed E-state index contributed by atoms with van der Waals surface area (Å²) in [5.74, 6) is -1.00. The van der Waals surface area contributed by atoms with Gasteiger partial charge in [0.15, 0.2) is 5.01 Å². The van der Waals surface area contributed by atoms with E-state index in [4.69, 9.17) is 4.74 Å². The van der Waals surface area contributed by atoms with Crippen LogP contribution in [0.25, 0.3) is 10.2 Å². The topological polar surface area (TPSA) is 97.4 Å². The second-order valence-corrected chi connectivity index (χ2v) is 8.32. The van der Waals surface area contributed by atoms with Crippen molar-refractivity contribution in [3.63, 3.8) is 0 Å². The van der Waals surface area contributed by atoms with E-state index >= 15 is 0 Å². The largest absolute Gasteiger partial charge is 0.446 e. The van der Waals surface area contributed by atoms with Crippen LogP contribution in [0.2, 0.25) is 0 Å². The van der Waals surface area contributed by atoms with Crippen molar-refractivity contribution in [1.82, 2.24) is 10.3 Å². The number of para-hydroxylation sites is 1. The highest BCUT2D eigenvalue weighted by Crippen LogP contribution is 2.27. The van der Waals surface area contributed by atoms with Crippen molar-refractivity contribution in [3.05, 3.63) is 46.3 Å². The van der Waals surface area contributed by atoms with Crippen molar-refractivity contribution >= 4 is 55.8 Å². The van der Waals surface area contributed by atoms with E-state index in [1.165, 1.54) is 22.7 Å². The van der Waals surface area contributed by atoms with Crippen LogP contribution in [0.3, 0.4) is 0 Å². The molecule has 2 N–H and O–H groups in total. The van der Waals surface area contributed by atoms with Crippen molar-refractivity contribution in [2.45, 2.75) is 31.8 Å². The molecule has 28 heavy (non-hydrogen) atoms. The van der Waals surface area contributed by atoms with Crippen LogP contribution < -0.4 is 10.6 Å². The van der Waals surface area contributed by atoms with E-state index < -0.39 is 17.9 Å². The molecule has 2 heterocycles. The molecule has 3 aromatic rings. The number of thiophene rings is 1. The van der Waals surface area contributed by atoms with E-state index in [-0.39, 0.29) is 11.7 Å². The lowest BCUT2D eigenvalue weighted by Gasteiger charge is -2.11. The Morgan fingerprint density at radius 1 is 1.07 bits per heavy atom. The molecule has 1 fully saturated rings. The number of hydrogen-bond acceptors (Lipinski definition) is 7. The predicted octanol–water partition coefficient (Wildman–Crippen LogP) is 4.42. The van der Waals surface area contributed by atoms with Gasteiger partial charge in [0, 0.05) is 0 Å². The zero-order chi connectivity index (χ0) is 19.5. The average molecular weight is 415 g/mol. The summed E-state index contributed by atoms with van der Waals surface area (Å²) in [6.45, 7) is 0. The molecule has 9 heteroatoms. The third kappa shape index (κ3) is 4.05. The number of imide groups is 1. The van der Waals surface area contributed by atoms with Gasteiger partial charge in [-0.25, -0.2) is 9.78 Å². The average Bonchev–Trinajstić information content (AvgIpc) is 3.41. The number of anilines is 1. The number of thiazole rings is 1. The van der Waals surface area contributed by atoms with Gasteiger partial charge in [-0.2, -0.15) is 0 Å². The Balaban J connectivity index is 1.42. The number of carbonyl (C=O) groups is 3. The van der Waals surface area contributed by atoms with Crippen molar-refractivity contribution in [3.8, 4) is 0 Å². The Morgan fingerprint density at radius 2 is 1.86 bits per heavy atom. The zero-order valence-electron chi connectivity index (χ0n) is 14.8. The number of amides is 3. The number of ether oxygens (including phenoxy) is 1. The quantitative estimate of drug-likeness (QED) is 0.657. The first-order valence-electron chi connectivity index (χ1n) is 8.86. The molecule has 144 valence electrons. The molecule has 0 aliphatic heterocycles. The van der Waals surface area contributed by atoms with Crippen LogP contribution in [0.4, 0.5) is 9.80 Å². The second kappa shape index (κ2) is 8.07. The van der Waals surface area contributed by atoms with Gasteiger partial charge in [0.05, 0.1) is 15.8 Å². The van der Waals surface area contributed by atoms with E-state index in [2.05, 4.69) is 15.6 Å². The minimum Gasteiger partial charge on any atom is -0.446 e. The number of aromatic nitrogens is 1. The summed E-state index contributed by atoms with van der Waals surface area (Å²) in [7, 11) is 0. The smallest absolute Gasteiger partial charge is 0.414 e. The van der Waals surface area contributed by atoms with Gasteiger partial charge in [-0.15, -0.1) is 22.7 Å². The molecular weight excluding hydrogens is 398 g/mol. The predicted molar refractivity (Wildman–Crippen MR) is 108 cm³/mol. The third-order valence-corrected chi connectivity index (χ3v) is 6.28. The van der Waals surface area contributed by atoms with Crippen LogP contribution in [0.5, 0.6) is 0 Å². The number of alkyl carbamates (subject to hydrolysis) is 1. The Bertz CT molecular complexity index is 1000. The first-order valence-corrected chi connectivity index (χ1v) is 10.6. The fourth-order valence-corrected chi connectivity index (χ4v) is 4.70. The second-order valence-electron chi connectivity index (χ2n) is 6.37. The molecule has 0 saturated heterocycles. The monoisotopic (exact) mass is 415 g/mol. The van der Waals surface area contributed by atoms with Gasteiger partial charge in [0.25, 0.3) is 11.8 Å². The first-order chi connectivity index (χ1) is 13.6. The lowest BCUT2D eigenvalue weighted by molar-refractivity contribution is 0.0834. The Hall–Kier alpha value is -2.78. The number of nitrogens with one attached hydrogen (secondary N) is 2. The number of carbonyl (C=O) groups excluding carboxylic acids is 3. The summed E-state index contributed by atoms with van der Waals surface area (Å²) in [5, 5.41) is 7.27. The van der Waals surface area contributed by atoms with Crippen LogP contribution in [0.15, 0.2) is 35.7 Å². The number of benzene rings is 1. The molecule has 3 amide bonds. The molecule has 1 aliphatic carbocycles. The third-order valence-electron chi connectivity index (χ3n) is 4.42. The van der Waals surface area contributed by atoms with Gasteiger partial charge < -0.3 is 10.1 Å². The normalized spacial score (nSPS) is 14.1. The summed E-state index contributed by atoms with van der Waals surface area (Å²) < 4.78 is 6.15. The molecule has 0 unspecified atom stereocenters. The Labute approximate surface area is 168 Å². The molecule has 7 nitrogen and oxygen atoms in total. The van der Waals surface area contributed by atoms with Gasteiger partial charge in [-0.05, 0) is 49.3 Å². The van der Waals surface area contributed by atoms with E-state index in [0.717, 1.165) is 35.9 Å². The molecule has 1 saturated carbocycles. The molecule has 4 rings (SSSR count). The number of fused-ring (bicyclic) bond motifs is 1. The highest BCUT2D eigenvalue weighted by Gasteiger charge is 2.23. The van der Waals surface area contributed by atoms with E-state index in [9.17, 15) is 14.4 Å². The maximum atomic E-state index is 12.5. The van der Waals surface area contributed by atoms with Crippen LogP contribution in [-0.4, -0.2) is 29.0 Å². The van der Waals surface area contributed by atoms with Crippen LogP contribution in [0.1, 0.15) is 45.8 Å². The van der Waals surface area contributed by atoms with E-state index in [1.54, 1.807) is 11.4 Å². The maximum absolute atomic E-state index is 12.5. The summed E-state index contributed by atoms with van der Waals surface area (Å²) in [4.78, 5) is 41.2. The van der Waals surface area contributed by atoms with Gasteiger partial charge in [-0.3, -0.25) is 14.9 Å². The summed E-state index contributed by atoms with van der Waals surface area (Å²) >= 11 is 2.48. The summed E-state index contributed by atoms with van der Waals surface area (Å²) in [5.41, 5.74) is 0.958. The van der Waals surface area contributed by atoms with Crippen molar-refractivity contribution in [2.24, 2.45) is 0 Å². The first kappa shape index (κ1) is 18.6. The fraction of sp³-hybridized carbons (Fsp3) is 0.263. The lowest BCUT2D eigenvalue weighted by atomic mass is 10.3. The number of rotatable bonds is 4. The lowest BCUT2D eigenvalue weighted by Crippen LogP contribution is -2.33. The Kier molecular flexibility index (Phi) is 5.36. The van der Waals surface area contributed by atoms with Gasteiger partial charge in [-0.1, -0.05) is 12.1 Å². The van der Waals surface area contributed by atoms with Crippen molar-refractivity contribution in [1.29, 1.82) is 0 Å². The van der Waals surface area contributed by atoms with Crippen LogP contribution >= 0.6 is 22.7 Å². The summed E-state index contributed by atoms with van der Waals surface area (Å²) in [6, 6.07) is 9.02.